The maximum absolute atomic E-state index is 3.65. The Hall–Kier alpha value is -0.0400. The zero-order valence-corrected chi connectivity index (χ0v) is 13.7. The summed E-state index contributed by atoms with van der Waals surface area (Å²) in [4.78, 5) is 0. The molecule has 2 aliphatic carbocycles. The van der Waals surface area contributed by atoms with E-state index in [1.807, 2.05) is 0 Å². The largest absolute Gasteiger partial charge is 0.317 e. The molecule has 2 rings (SSSR count). The molecule has 112 valence electrons. The Morgan fingerprint density at radius 3 is 2.11 bits per heavy atom. The summed E-state index contributed by atoms with van der Waals surface area (Å²) in [6.45, 7) is 7.58. The summed E-state index contributed by atoms with van der Waals surface area (Å²) in [5, 5.41) is 3.65. The molecule has 1 heteroatoms. The Morgan fingerprint density at radius 1 is 0.895 bits per heavy atom. The van der Waals surface area contributed by atoms with Gasteiger partial charge in [-0.3, -0.25) is 0 Å². The molecule has 1 N–H and O–H groups in total. The number of nitrogens with one attached hydrogen (secondary N) is 1. The third kappa shape index (κ3) is 3.54. The van der Waals surface area contributed by atoms with Crippen molar-refractivity contribution >= 4 is 0 Å². The molecule has 0 aromatic heterocycles. The molecular weight excluding hydrogens is 230 g/mol. The average Bonchev–Trinajstić information content (AvgIpc) is 2.67. The first kappa shape index (κ1) is 15.4. The molecule has 1 nitrogen and oxygen atoms in total. The summed E-state index contributed by atoms with van der Waals surface area (Å²) in [6, 6.07) is 0.752. The van der Waals surface area contributed by atoms with Gasteiger partial charge in [0.2, 0.25) is 0 Å². The van der Waals surface area contributed by atoms with Gasteiger partial charge in [-0.1, -0.05) is 52.9 Å². The van der Waals surface area contributed by atoms with E-state index in [1.165, 1.54) is 57.8 Å². The summed E-state index contributed by atoms with van der Waals surface area (Å²) >= 11 is 0. The topological polar surface area (TPSA) is 12.0 Å². The molecule has 0 amide bonds. The normalized spacial score (nSPS) is 35.1. The molecule has 0 aromatic carbocycles. The van der Waals surface area contributed by atoms with Crippen molar-refractivity contribution in [2.45, 2.75) is 84.6 Å². The quantitative estimate of drug-likeness (QED) is 0.708. The van der Waals surface area contributed by atoms with Crippen molar-refractivity contribution in [3.63, 3.8) is 0 Å². The first-order valence-corrected chi connectivity index (χ1v) is 8.73. The number of rotatable bonds is 3. The van der Waals surface area contributed by atoms with Gasteiger partial charge < -0.3 is 5.32 Å². The fourth-order valence-electron chi connectivity index (χ4n) is 4.92. The van der Waals surface area contributed by atoms with Crippen LogP contribution in [0.25, 0.3) is 0 Å². The van der Waals surface area contributed by atoms with Gasteiger partial charge in [-0.15, -0.1) is 0 Å². The second kappa shape index (κ2) is 6.61. The monoisotopic (exact) mass is 265 g/mol. The fourth-order valence-corrected chi connectivity index (χ4v) is 4.92. The molecule has 3 atom stereocenters. The SMILES string of the molecule is CNC1CC(C)CCC1C(C)(C)C1CCCCCC1. The first-order chi connectivity index (χ1) is 9.05. The first-order valence-electron chi connectivity index (χ1n) is 8.73. The van der Waals surface area contributed by atoms with Crippen molar-refractivity contribution in [1.82, 2.24) is 5.32 Å². The van der Waals surface area contributed by atoms with Crippen molar-refractivity contribution in [3.8, 4) is 0 Å². The molecule has 19 heavy (non-hydrogen) atoms. The van der Waals surface area contributed by atoms with Gasteiger partial charge >= 0.3 is 0 Å². The smallest absolute Gasteiger partial charge is 0.0100 e. The van der Waals surface area contributed by atoms with Crippen LogP contribution in [0.4, 0.5) is 0 Å². The van der Waals surface area contributed by atoms with E-state index in [0.717, 1.165) is 23.8 Å². The van der Waals surface area contributed by atoms with Crippen molar-refractivity contribution in [2.24, 2.45) is 23.2 Å². The van der Waals surface area contributed by atoms with Gasteiger partial charge in [-0.2, -0.15) is 0 Å². The average molecular weight is 265 g/mol. The number of hydrogen-bond donors (Lipinski definition) is 1. The maximum Gasteiger partial charge on any atom is 0.0100 e. The lowest BCUT2D eigenvalue weighted by molar-refractivity contribution is 0.0376. The number of hydrogen-bond acceptors (Lipinski definition) is 1. The molecule has 0 heterocycles. The van der Waals surface area contributed by atoms with Gasteiger partial charge in [0.05, 0.1) is 0 Å². The maximum atomic E-state index is 3.65. The van der Waals surface area contributed by atoms with E-state index in [1.54, 1.807) is 0 Å². The van der Waals surface area contributed by atoms with Crippen LogP contribution < -0.4 is 5.32 Å². The minimum atomic E-state index is 0.526. The van der Waals surface area contributed by atoms with Crippen LogP contribution in [0.1, 0.15) is 78.6 Å². The highest BCUT2D eigenvalue weighted by Crippen LogP contribution is 2.48. The predicted octanol–water partition coefficient (Wildman–Crippen LogP) is 5.01. The van der Waals surface area contributed by atoms with E-state index >= 15 is 0 Å². The highest BCUT2D eigenvalue weighted by atomic mass is 14.9. The van der Waals surface area contributed by atoms with Gasteiger partial charge in [-0.05, 0) is 55.9 Å². The van der Waals surface area contributed by atoms with E-state index in [0.29, 0.717) is 5.41 Å². The standard InChI is InChI=1S/C18H35N/c1-14-11-12-16(17(13-14)19-4)18(2,3)15-9-7-5-6-8-10-15/h14-17,19H,5-13H2,1-4H3. The van der Waals surface area contributed by atoms with Crippen molar-refractivity contribution < 1.29 is 0 Å². The van der Waals surface area contributed by atoms with Crippen LogP contribution in [0.5, 0.6) is 0 Å². The second-order valence-electron chi connectivity index (χ2n) is 7.93. The van der Waals surface area contributed by atoms with Crippen LogP contribution in [0.3, 0.4) is 0 Å². The molecule has 2 saturated carbocycles. The van der Waals surface area contributed by atoms with Crippen LogP contribution in [0, 0.1) is 23.2 Å². The van der Waals surface area contributed by atoms with Gasteiger partial charge in [-0.25, -0.2) is 0 Å². The van der Waals surface area contributed by atoms with Crippen molar-refractivity contribution in [3.05, 3.63) is 0 Å². The minimum absolute atomic E-state index is 0.526. The molecule has 0 saturated heterocycles. The Labute approximate surface area is 120 Å². The van der Waals surface area contributed by atoms with Crippen molar-refractivity contribution in [2.75, 3.05) is 7.05 Å². The predicted molar refractivity (Wildman–Crippen MR) is 84.3 cm³/mol. The Morgan fingerprint density at radius 2 is 1.53 bits per heavy atom. The Bertz CT molecular complexity index is 263. The zero-order valence-electron chi connectivity index (χ0n) is 13.7. The van der Waals surface area contributed by atoms with Crippen LogP contribution in [-0.4, -0.2) is 13.1 Å². The Balaban J connectivity index is 2.07. The third-order valence-corrected chi connectivity index (χ3v) is 6.35. The van der Waals surface area contributed by atoms with E-state index in [9.17, 15) is 0 Å². The summed E-state index contributed by atoms with van der Waals surface area (Å²) in [5.41, 5.74) is 0.526. The lowest BCUT2D eigenvalue weighted by Crippen LogP contribution is -2.48. The van der Waals surface area contributed by atoms with Crippen LogP contribution in [-0.2, 0) is 0 Å². The van der Waals surface area contributed by atoms with E-state index in [4.69, 9.17) is 0 Å². The molecule has 2 aliphatic rings. The van der Waals surface area contributed by atoms with Crippen molar-refractivity contribution in [1.29, 1.82) is 0 Å². The van der Waals surface area contributed by atoms with Gasteiger partial charge in [0.15, 0.2) is 0 Å². The summed E-state index contributed by atoms with van der Waals surface area (Å²) in [5.74, 6) is 2.76. The molecule has 0 aliphatic heterocycles. The second-order valence-corrected chi connectivity index (χ2v) is 7.93. The van der Waals surface area contributed by atoms with E-state index in [2.05, 4.69) is 33.1 Å². The van der Waals surface area contributed by atoms with Crippen LogP contribution >= 0.6 is 0 Å². The lowest BCUT2D eigenvalue weighted by Gasteiger charge is -2.48. The fraction of sp³-hybridized carbons (Fsp3) is 1.00. The molecule has 2 fully saturated rings. The Kier molecular flexibility index (Phi) is 5.34. The summed E-state index contributed by atoms with van der Waals surface area (Å²) in [7, 11) is 2.18. The molecule has 0 bridgehead atoms. The zero-order chi connectivity index (χ0) is 13.9. The van der Waals surface area contributed by atoms with Gasteiger partial charge in [0.1, 0.15) is 0 Å². The molecular formula is C18H35N. The van der Waals surface area contributed by atoms with Gasteiger partial charge in [0.25, 0.3) is 0 Å². The van der Waals surface area contributed by atoms with E-state index in [-0.39, 0.29) is 0 Å². The highest BCUT2D eigenvalue weighted by molar-refractivity contribution is 4.94. The van der Waals surface area contributed by atoms with Gasteiger partial charge in [0, 0.05) is 6.04 Å². The molecule has 0 aromatic rings. The lowest BCUT2D eigenvalue weighted by atomic mass is 9.60. The van der Waals surface area contributed by atoms with Crippen LogP contribution in [0.2, 0.25) is 0 Å². The molecule has 0 spiro atoms. The summed E-state index contributed by atoms with van der Waals surface area (Å²) in [6.07, 6.45) is 13.1. The van der Waals surface area contributed by atoms with Crippen LogP contribution in [0.15, 0.2) is 0 Å². The van der Waals surface area contributed by atoms with E-state index < -0.39 is 0 Å². The third-order valence-electron chi connectivity index (χ3n) is 6.35. The highest BCUT2D eigenvalue weighted by Gasteiger charge is 2.42. The minimum Gasteiger partial charge on any atom is -0.317 e. The molecule has 0 radical (unpaired) electrons. The summed E-state index contributed by atoms with van der Waals surface area (Å²) < 4.78 is 0. The molecule has 3 unspecified atom stereocenters.